The first kappa shape index (κ1) is 22.6. The van der Waals surface area contributed by atoms with Gasteiger partial charge in [-0.25, -0.2) is 4.98 Å². The maximum Gasteiger partial charge on any atom is 0.243 e. The van der Waals surface area contributed by atoms with Crippen LogP contribution >= 0.6 is 0 Å². The Hall–Kier alpha value is -3.60. The first-order chi connectivity index (χ1) is 16.3. The summed E-state index contributed by atoms with van der Waals surface area (Å²) >= 11 is 0. The van der Waals surface area contributed by atoms with Gasteiger partial charge in [0.1, 0.15) is 11.6 Å². The summed E-state index contributed by atoms with van der Waals surface area (Å²) in [6.45, 7) is 5.69. The van der Waals surface area contributed by atoms with Crippen molar-refractivity contribution in [2.75, 3.05) is 13.2 Å². The minimum Gasteiger partial charge on any atom is -0.493 e. The van der Waals surface area contributed by atoms with Crippen LogP contribution in [0.2, 0.25) is 0 Å². The highest BCUT2D eigenvalue weighted by Gasteiger charge is 2.10. The van der Waals surface area contributed by atoms with E-state index in [9.17, 15) is 4.79 Å². The maximum absolute atomic E-state index is 11.2. The molecule has 1 amide bonds. The van der Waals surface area contributed by atoms with Gasteiger partial charge in [0.05, 0.1) is 17.6 Å². The molecule has 3 aromatic carbocycles. The Morgan fingerprint density at radius 2 is 1.79 bits per heavy atom. The van der Waals surface area contributed by atoms with Crippen molar-refractivity contribution in [1.82, 2.24) is 14.9 Å². The molecule has 0 aliphatic rings. The van der Waals surface area contributed by atoms with Gasteiger partial charge in [0, 0.05) is 24.9 Å². The van der Waals surface area contributed by atoms with E-state index in [-0.39, 0.29) is 5.91 Å². The van der Waals surface area contributed by atoms with Crippen LogP contribution in [0.25, 0.3) is 21.8 Å². The number of ether oxygens (including phenoxy) is 1. The van der Waals surface area contributed by atoms with Gasteiger partial charge in [0.25, 0.3) is 0 Å². The summed E-state index contributed by atoms with van der Waals surface area (Å²) in [5.74, 6) is 1.95. The molecular weight excluding hydrogens is 410 g/mol. The highest BCUT2D eigenvalue weighted by molar-refractivity contribution is 5.88. The summed E-state index contributed by atoms with van der Waals surface area (Å²) in [5.41, 5.74) is 2.22. The summed E-state index contributed by atoms with van der Waals surface area (Å²) in [7, 11) is 0. The van der Waals surface area contributed by atoms with E-state index in [1.54, 1.807) is 0 Å². The smallest absolute Gasteiger partial charge is 0.243 e. The molecule has 170 valence electrons. The van der Waals surface area contributed by atoms with Gasteiger partial charge in [-0.15, -0.1) is 0 Å². The highest BCUT2D eigenvalue weighted by atomic mass is 16.5. The Kier molecular flexibility index (Phi) is 7.75. The van der Waals surface area contributed by atoms with Crippen LogP contribution in [-0.4, -0.2) is 28.6 Å². The normalized spacial score (nSPS) is 11.0. The number of benzene rings is 3. The third-order valence-corrected chi connectivity index (χ3v) is 5.83. The SMILES string of the molecule is C=CC(=O)NCCCCCc1nc2ccccc2n1CCCOc1cccc2ccccc12. The molecule has 0 spiro atoms. The number of carbonyl (C=O) groups is 1. The van der Waals surface area contributed by atoms with Crippen molar-refractivity contribution in [3.05, 3.63) is 85.2 Å². The molecule has 33 heavy (non-hydrogen) atoms. The average Bonchev–Trinajstić information content (AvgIpc) is 3.21. The molecule has 1 aromatic heterocycles. The fraction of sp³-hybridized carbons (Fsp3) is 0.286. The summed E-state index contributed by atoms with van der Waals surface area (Å²) in [6, 6.07) is 22.8. The number of fused-ring (bicyclic) bond motifs is 2. The number of aryl methyl sites for hydroxylation is 2. The van der Waals surface area contributed by atoms with Crippen molar-refractivity contribution in [2.24, 2.45) is 0 Å². The maximum atomic E-state index is 11.2. The van der Waals surface area contributed by atoms with Gasteiger partial charge in [-0.05, 0) is 48.9 Å². The predicted molar refractivity (Wildman–Crippen MR) is 135 cm³/mol. The van der Waals surface area contributed by atoms with Crippen molar-refractivity contribution in [3.8, 4) is 5.75 Å². The highest BCUT2D eigenvalue weighted by Crippen LogP contribution is 2.25. The Morgan fingerprint density at radius 3 is 2.70 bits per heavy atom. The number of nitrogens with zero attached hydrogens (tertiary/aromatic N) is 2. The van der Waals surface area contributed by atoms with E-state index in [1.165, 1.54) is 17.0 Å². The molecule has 0 fully saturated rings. The molecule has 1 heterocycles. The molecule has 0 saturated heterocycles. The summed E-state index contributed by atoms with van der Waals surface area (Å²) in [6.07, 6.45) is 6.19. The molecular formula is C28H31N3O2. The average molecular weight is 442 g/mol. The Balaban J connectivity index is 1.33. The molecule has 0 unspecified atom stereocenters. The van der Waals surface area contributed by atoms with Crippen LogP contribution in [0.3, 0.4) is 0 Å². The zero-order chi connectivity index (χ0) is 22.9. The number of hydrogen-bond acceptors (Lipinski definition) is 3. The van der Waals surface area contributed by atoms with E-state index < -0.39 is 0 Å². The number of carbonyl (C=O) groups excluding carboxylic acids is 1. The van der Waals surface area contributed by atoms with Crippen molar-refractivity contribution >= 4 is 27.7 Å². The molecule has 0 saturated carbocycles. The van der Waals surface area contributed by atoms with Crippen molar-refractivity contribution in [3.63, 3.8) is 0 Å². The molecule has 5 nitrogen and oxygen atoms in total. The van der Waals surface area contributed by atoms with Gasteiger partial charge in [-0.2, -0.15) is 0 Å². The Bertz CT molecular complexity index is 1220. The van der Waals surface area contributed by atoms with E-state index in [4.69, 9.17) is 9.72 Å². The van der Waals surface area contributed by atoms with Crippen LogP contribution in [0.5, 0.6) is 5.75 Å². The Labute approximate surface area is 195 Å². The summed E-state index contributed by atoms with van der Waals surface area (Å²) in [4.78, 5) is 16.1. The van der Waals surface area contributed by atoms with Gasteiger partial charge < -0.3 is 14.6 Å². The van der Waals surface area contributed by atoms with E-state index >= 15 is 0 Å². The zero-order valence-electron chi connectivity index (χ0n) is 19.0. The minimum absolute atomic E-state index is 0.109. The first-order valence-electron chi connectivity index (χ1n) is 11.7. The van der Waals surface area contributed by atoms with Gasteiger partial charge in [-0.3, -0.25) is 4.79 Å². The number of nitrogens with one attached hydrogen (secondary N) is 1. The van der Waals surface area contributed by atoms with Crippen LogP contribution in [0, 0.1) is 0 Å². The lowest BCUT2D eigenvalue weighted by atomic mass is 10.1. The molecule has 5 heteroatoms. The third-order valence-electron chi connectivity index (χ3n) is 5.83. The fourth-order valence-electron chi connectivity index (χ4n) is 4.16. The van der Waals surface area contributed by atoms with E-state index in [0.29, 0.717) is 13.2 Å². The molecule has 0 aliphatic heterocycles. The van der Waals surface area contributed by atoms with Crippen molar-refractivity contribution in [2.45, 2.75) is 38.6 Å². The number of amides is 1. The van der Waals surface area contributed by atoms with Crippen LogP contribution in [0.4, 0.5) is 0 Å². The summed E-state index contributed by atoms with van der Waals surface area (Å²) < 4.78 is 8.48. The number of imidazole rings is 1. The molecule has 0 radical (unpaired) electrons. The zero-order valence-corrected chi connectivity index (χ0v) is 19.0. The van der Waals surface area contributed by atoms with E-state index in [0.717, 1.165) is 61.1 Å². The van der Waals surface area contributed by atoms with Crippen LogP contribution < -0.4 is 10.1 Å². The van der Waals surface area contributed by atoms with Crippen molar-refractivity contribution in [1.29, 1.82) is 0 Å². The third kappa shape index (κ3) is 5.80. The number of unbranched alkanes of at least 4 members (excludes halogenated alkanes) is 2. The number of aromatic nitrogens is 2. The first-order valence-corrected chi connectivity index (χ1v) is 11.7. The molecule has 0 atom stereocenters. The summed E-state index contributed by atoms with van der Waals surface area (Å²) in [5, 5.41) is 5.18. The van der Waals surface area contributed by atoms with E-state index in [1.807, 2.05) is 24.3 Å². The molecule has 0 bridgehead atoms. The van der Waals surface area contributed by atoms with Gasteiger partial charge in [0.15, 0.2) is 0 Å². The Morgan fingerprint density at radius 1 is 0.970 bits per heavy atom. The lowest BCUT2D eigenvalue weighted by Gasteiger charge is -2.12. The largest absolute Gasteiger partial charge is 0.493 e. The standard InChI is InChI=1S/C28H31N3O2/c1-2-28(32)29-19-9-3-4-18-27-30-24-15-7-8-16-25(24)31(27)20-11-21-33-26-17-10-13-22-12-5-6-14-23(22)26/h2,5-8,10,12-17H,1,3-4,9,11,18-21H2,(H,29,32). The molecule has 0 aliphatic carbocycles. The second kappa shape index (κ2) is 11.3. The molecule has 4 aromatic rings. The second-order valence-electron chi connectivity index (χ2n) is 8.15. The fourth-order valence-corrected chi connectivity index (χ4v) is 4.16. The van der Waals surface area contributed by atoms with Gasteiger partial charge in [-0.1, -0.05) is 61.5 Å². The van der Waals surface area contributed by atoms with Gasteiger partial charge >= 0.3 is 0 Å². The second-order valence-corrected chi connectivity index (χ2v) is 8.15. The number of hydrogen-bond donors (Lipinski definition) is 1. The van der Waals surface area contributed by atoms with E-state index in [2.05, 4.69) is 58.9 Å². The number of rotatable bonds is 12. The molecule has 4 rings (SSSR count). The topological polar surface area (TPSA) is 56.2 Å². The number of para-hydroxylation sites is 2. The lowest BCUT2D eigenvalue weighted by molar-refractivity contribution is -0.116. The quantitative estimate of drug-likeness (QED) is 0.227. The van der Waals surface area contributed by atoms with Crippen molar-refractivity contribution < 1.29 is 9.53 Å². The van der Waals surface area contributed by atoms with Crippen LogP contribution in [0.15, 0.2) is 79.4 Å². The molecule has 1 N–H and O–H groups in total. The monoisotopic (exact) mass is 441 g/mol. The van der Waals surface area contributed by atoms with Crippen LogP contribution in [0.1, 0.15) is 31.5 Å². The lowest BCUT2D eigenvalue weighted by Crippen LogP contribution is -2.21. The van der Waals surface area contributed by atoms with Gasteiger partial charge in [0.2, 0.25) is 5.91 Å². The van der Waals surface area contributed by atoms with Crippen LogP contribution in [-0.2, 0) is 17.8 Å². The predicted octanol–water partition coefficient (Wildman–Crippen LogP) is 5.67. The minimum atomic E-state index is -0.109.